The third kappa shape index (κ3) is 17.8. The Morgan fingerprint density at radius 2 is 1.48 bits per heavy atom. The lowest BCUT2D eigenvalue weighted by Gasteiger charge is -2.28. The van der Waals surface area contributed by atoms with Crippen LogP contribution in [0.15, 0.2) is 73.3 Å². The number of nitrogens with zero attached hydrogens (tertiary/aromatic N) is 1. The van der Waals surface area contributed by atoms with E-state index in [1.807, 2.05) is 31.2 Å². The first-order chi connectivity index (χ1) is 35.0. The van der Waals surface area contributed by atoms with Crippen LogP contribution >= 0.6 is 0 Å². The van der Waals surface area contributed by atoms with E-state index in [1.165, 1.54) is 19.4 Å². The number of fused-ring (bicyclic) bond motifs is 1. The van der Waals surface area contributed by atoms with Gasteiger partial charge < -0.3 is 69.3 Å². The van der Waals surface area contributed by atoms with Crippen molar-refractivity contribution in [2.24, 2.45) is 11.5 Å². The predicted octanol–water partition coefficient (Wildman–Crippen LogP) is -1.43. The number of H-pyrrole nitrogens is 2. The van der Waals surface area contributed by atoms with Crippen molar-refractivity contribution in [1.29, 1.82) is 5.41 Å². The summed E-state index contributed by atoms with van der Waals surface area (Å²) < 4.78 is 0. The molecule has 392 valence electrons. The van der Waals surface area contributed by atoms with Gasteiger partial charge in [0.05, 0.1) is 12.0 Å². The molecule has 0 spiro atoms. The largest absolute Gasteiger partial charge is 0.370 e. The third-order valence-corrected chi connectivity index (χ3v) is 12.1. The first kappa shape index (κ1) is 55.6. The predicted molar refractivity (Wildman–Crippen MR) is 268 cm³/mol. The fourth-order valence-electron chi connectivity index (χ4n) is 8.23. The lowest BCUT2D eigenvalue weighted by atomic mass is 10.0. The van der Waals surface area contributed by atoms with Crippen molar-refractivity contribution in [2.75, 3.05) is 13.1 Å². The number of hydrogen-bond donors (Lipinski definition) is 14. The molecule has 1 aliphatic rings. The zero-order chi connectivity index (χ0) is 52.9. The molecule has 1 fully saturated rings. The summed E-state index contributed by atoms with van der Waals surface area (Å²) in [6.07, 6.45) is 4.99. The number of aromatic amines is 2. The maximum Gasteiger partial charge on any atom is 0.243 e. The normalized spacial score (nSPS) is 20.2. The second kappa shape index (κ2) is 27.9. The first-order valence-corrected chi connectivity index (χ1v) is 24.3. The van der Waals surface area contributed by atoms with E-state index >= 15 is 0 Å². The van der Waals surface area contributed by atoms with Crippen LogP contribution in [0, 0.1) is 5.41 Å². The van der Waals surface area contributed by atoms with E-state index in [0.717, 1.165) is 10.9 Å². The number of para-hydroxylation sites is 1. The molecule has 3 heterocycles. The highest BCUT2D eigenvalue weighted by molar-refractivity contribution is 5.98. The van der Waals surface area contributed by atoms with E-state index in [0.29, 0.717) is 29.7 Å². The molecule has 24 heteroatoms. The lowest BCUT2D eigenvalue weighted by Crippen LogP contribution is -2.60. The molecule has 4 aromatic rings. The molecule has 5 rings (SSSR count). The van der Waals surface area contributed by atoms with Gasteiger partial charge in [0.2, 0.25) is 53.2 Å². The zero-order valence-corrected chi connectivity index (χ0v) is 40.9. The molecule has 24 nitrogen and oxygen atoms in total. The van der Waals surface area contributed by atoms with E-state index < -0.39 is 95.5 Å². The summed E-state index contributed by atoms with van der Waals surface area (Å²) >= 11 is 0. The maximum atomic E-state index is 14.6. The van der Waals surface area contributed by atoms with E-state index in [4.69, 9.17) is 16.9 Å². The highest BCUT2D eigenvalue weighted by atomic mass is 16.2. The van der Waals surface area contributed by atoms with Crippen molar-refractivity contribution in [2.45, 2.75) is 127 Å². The molecule has 9 amide bonds. The minimum Gasteiger partial charge on any atom is -0.370 e. The van der Waals surface area contributed by atoms with Gasteiger partial charge in [-0.3, -0.25) is 48.6 Å². The number of unbranched alkanes of at least 4 members (excludes halogenated alkanes) is 1. The number of benzene rings is 2. The highest BCUT2D eigenvalue weighted by Crippen LogP contribution is 2.19. The summed E-state index contributed by atoms with van der Waals surface area (Å²) in [5, 5.41) is 32.5. The van der Waals surface area contributed by atoms with Crippen LogP contribution < -0.4 is 59.3 Å². The number of nitrogens with one attached hydrogen (secondary N) is 12. The van der Waals surface area contributed by atoms with Crippen molar-refractivity contribution in [3.8, 4) is 0 Å². The number of nitrogens with two attached hydrogens (primary N) is 2. The summed E-state index contributed by atoms with van der Waals surface area (Å²) in [5.74, 6) is -7.20. The van der Waals surface area contributed by atoms with Gasteiger partial charge in [0.1, 0.15) is 42.3 Å². The molecule has 7 atom stereocenters. The Morgan fingerprint density at radius 3 is 2.16 bits per heavy atom. The second-order valence-corrected chi connectivity index (χ2v) is 17.8. The van der Waals surface area contributed by atoms with Gasteiger partial charge in [-0.05, 0) is 49.3 Å². The lowest BCUT2D eigenvalue weighted by molar-refractivity contribution is -0.135. The number of rotatable bonds is 19. The number of primary amides is 1. The van der Waals surface area contributed by atoms with Gasteiger partial charge in [0.25, 0.3) is 0 Å². The Bertz CT molecular complexity index is 2550. The van der Waals surface area contributed by atoms with Gasteiger partial charge in [0, 0.05) is 69.0 Å². The van der Waals surface area contributed by atoms with Crippen molar-refractivity contribution >= 4 is 70.0 Å². The fraction of sp³-hybridized carbons (Fsp3) is 0.449. The molecule has 0 radical (unpaired) electrons. The number of amides is 9. The smallest absolute Gasteiger partial charge is 0.243 e. The van der Waals surface area contributed by atoms with Crippen molar-refractivity contribution < 1.29 is 43.2 Å². The van der Waals surface area contributed by atoms with Crippen LogP contribution in [0.1, 0.15) is 82.0 Å². The Hall–Kier alpha value is -8.31. The summed E-state index contributed by atoms with van der Waals surface area (Å²) in [4.78, 5) is 135. The molecule has 0 saturated carbocycles. The molecular formula is C49H67N15O9. The molecule has 16 N–H and O–H groups in total. The number of hydrogen-bond acceptors (Lipinski definition) is 11. The summed E-state index contributed by atoms with van der Waals surface area (Å²) in [5.41, 5.74) is 13.8. The van der Waals surface area contributed by atoms with E-state index in [-0.39, 0.29) is 76.8 Å². The topological polar surface area (TPSA) is 382 Å². The Balaban J connectivity index is 1.51. The SMILES string of the molecule is CCCC[C@H](NC(C)=O)C(=O)N[C@H]1CCC(=O)NCC[C@@H](C(=O)N[C@@H](Cc2c[nH]c3ccccc23)C(N)=O)NC(=O)C(CCCNC(=N)N)NC(=O)[C@@H](Cc2ccccc2)NC(=O)[C@H](Cc2c[nH]cn2)NC1=O. The van der Waals surface area contributed by atoms with Crippen molar-refractivity contribution in [3.05, 3.63) is 90.1 Å². The number of guanidine groups is 1. The summed E-state index contributed by atoms with van der Waals surface area (Å²) in [6.45, 7) is 3.05. The third-order valence-electron chi connectivity index (χ3n) is 12.1. The summed E-state index contributed by atoms with van der Waals surface area (Å²) in [7, 11) is 0. The Labute approximate surface area is 421 Å². The zero-order valence-electron chi connectivity index (χ0n) is 40.9. The molecule has 1 aliphatic heterocycles. The molecule has 0 bridgehead atoms. The summed E-state index contributed by atoms with van der Waals surface area (Å²) in [6, 6.07) is 6.70. The van der Waals surface area contributed by atoms with Gasteiger partial charge in [0.15, 0.2) is 5.96 Å². The standard InChI is InChI=1S/C49H67N15O9/c1-3-4-14-34(58-28(2)65)43(68)60-36-17-18-41(66)54-21-19-37(46(71)62-38(42(50)67)23-30-25-56-33-15-9-8-13-32(30)33)61-44(69)35(16-10-20-55-49(51)52)59-47(72)39(22-29-11-6-5-7-12-29)63-48(73)40(64-45(36)70)24-31-26-53-27-57-31/h5-9,11-13,15,25-27,34-40,56H,3-4,10,14,16-24H2,1-2H3,(H2,50,67)(H,53,57)(H,54,66)(H,58,65)(H,59,72)(H,60,68)(H,61,69)(H,62,71)(H,63,73)(H,64,70)(H4,51,52,55)/t34-,35?,36-,37-,38-,39+,40-/m0/s1. The molecule has 1 saturated heterocycles. The Morgan fingerprint density at radius 1 is 0.795 bits per heavy atom. The van der Waals surface area contributed by atoms with Crippen LogP contribution in [0.4, 0.5) is 0 Å². The number of carbonyl (C=O) groups is 9. The van der Waals surface area contributed by atoms with Gasteiger partial charge in [-0.2, -0.15) is 0 Å². The maximum absolute atomic E-state index is 14.6. The quantitative estimate of drug-likeness (QED) is 0.0292. The minimum atomic E-state index is -1.44. The molecule has 0 aliphatic carbocycles. The minimum absolute atomic E-state index is 0.0170. The van der Waals surface area contributed by atoms with Crippen LogP contribution in [0.2, 0.25) is 0 Å². The highest BCUT2D eigenvalue weighted by Gasteiger charge is 2.35. The first-order valence-electron chi connectivity index (χ1n) is 24.3. The van der Waals surface area contributed by atoms with Crippen LogP contribution in [-0.2, 0) is 62.4 Å². The molecular weight excluding hydrogens is 943 g/mol. The van der Waals surface area contributed by atoms with Gasteiger partial charge in [-0.1, -0.05) is 68.3 Å². The van der Waals surface area contributed by atoms with E-state index in [1.54, 1.807) is 36.5 Å². The van der Waals surface area contributed by atoms with Crippen molar-refractivity contribution in [3.63, 3.8) is 0 Å². The van der Waals surface area contributed by atoms with Gasteiger partial charge in [-0.15, -0.1) is 0 Å². The number of aromatic nitrogens is 3. The number of carbonyl (C=O) groups excluding carboxylic acids is 9. The van der Waals surface area contributed by atoms with Crippen molar-refractivity contribution in [1.82, 2.24) is 62.8 Å². The van der Waals surface area contributed by atoms with Gasteiger partial charge >= 0.3 is 0 Å². The van der Waals surface area contributed by atoms with E-state index in [9.17, 15) is 43.2 Å². The molecule has 73 heavy (non-hydrogen) atoms. The average Bonchev–Trinajstić information content (AvgIpc) is 4.03. The molecule has 2 aromatic heterocycles. The second-order valence-electron chi connectivity index (χ2n) is 17.8. The van der Waals surface area contributed by atoms with Crippen LogP contribution in [0.25, 0.3) is 10.9 Å². The fourth-order valence-corrected chi connectivity index (χ4v) is 8.23. The van der Waals surface area contributed by atoms with Gasteiger partial charge in [-0.25, -0.2) is 4.98 Å². The number of imidazole rings is 1. The van der Waals surface area contributed by atoms with E-state index in [2.05, 4.69) is 62.8 Å². The monoisotopic (exact) mass is 1010 g/mol. The molecule has 1 unspecified atom stereocenters. The molecule has 2 aromatic carbocycles. The van der Waals surface area contributed by atoms with Crippen LogP contribution in [0.5, 0.6) is 0 Å². The van der Waals surface area contributed by atoms with Crippen LogP contribution in [-0.4, -0.2) is 129 Å². The average molecular weight is 1010 g/mol. The Kier molecular flexibility index (Phi) is 21.3. The van der Waals surface area contributed by atoms with Crippen LogP contribution in [0.3, 0.4) is 0 Å².